The van der Waals surface area contributed by atoms with E-state index >= 15 is 0 Å². The van der Waals surface area contributed by atoms with Crippen LogP contribution in [0.15, 0.2) is 0 Å². The summed E-state index contributed by atoms with van der Waals surface area (Å²) >= 11 is 1.80. The van der Waals surface area contributed by atoms with E-state index in [-0.39, 0.29) is 11.9 Å². The topological polar surface area (TPSA) is 76.7 Å². The average molecular weight is 255 g/mol. The summed E-state index contributed by atoms with van der Waals surface area (Å²) in [5.41, 5.74) is 5.68. The molecule has 96 valence electrons. The van der Waals surface area contributed by atoms with Crippen LogP contribution in [-0.2, 0) is 0 Å². The maximum Gasteiger partial charge on any atom is 0.227 e. The summed E-state index contributed by atoms with van der Waals surface area (Å²) in [6.07, 6.45) is 3.12. The Kier molecular flexibility index (Phi) is 5.47. The summed E-state index contributed by atoms with van der Waals surface area (Å²) in [5, 5.41) is 3.30. The van der Waals surface area contributed by atoms with Gasteiger partial charge in [0.25, 0.3) is 0 Å². The number of aromatic nitrogens is 3. The van der Waals surface area contributed by atoms with Crippen molar-refractivity contribution < 1.29 is 0 Å². The van der Waals surface area contributed by atoms with Crippen molar-refractivity contribution >= 4 is 23.7 Å². The van der Waals surface area contributed by atoms with Crippen molar-refractivity contribution in [3.05, 3.63) is 5.82 Å². The van der Waals surface area contributed by atoms with Crippen LogP contribution in [-0.4, -0.2) is 33.0 Å². The van der Waals surface area contributed by atoms with Crippen LogP contribution in [0.4, 0.5) is 11.9 Å². The highest BCUT2D eigenvalue weighted by Gasteiger charge is 2.11. The fraction of sp³-hybridized carbons (Fsp3) is 0.727. The molecule has 0 bridgehead atoms. The van der Waals surface area contributed by atoms with Crippen molar-refractivity contribution in [1.29, 1.82) is 0 Å². The molecule has 0 aliphatic heterocycles. The molecule has 0 spiro atoms. The Balaban J connectivity index is 2.82. The summed E-state index contributed by atoms with van der Waals surface area (Å²) in [6.45, 7) is 6.22. The Bertz CT molecular complexity index is 356. The number of nitrogen functional groups attached to an aromatic ring is 1. The zero-order valence-corrected chi connectivity index (χ0v) is 11.7. The monoisotopic (exact) mass is 255 g/mol. The molecule has 0 saturated heterocycles. The van der Waals surface area contributed by atoms with Gasteiger partial charge in [0.05, 0.1) is 0 Å². The second-order valence-corrected chi connectivity index (χ2v) is 5.15. The van der Waals surface area contributed by atoms with E-state index in [1.165, 1.54) is 0 Å². The summed E-state index contributed by atoms with van der Waals surface area (Å²) in [7, 11) is 0. The molecular weight excluding hydrogens is 234 g/mol. The molecule has 0 aromatic carbocycles. The Morgan fingerprint density at radius 3 is 2.53 bits per heavy atom. The first kappa shape index (κ1) is 14.0. The first-order valence-corrected chi connectivity index (χ1v) is 7.23. The zero-order chi connectivity index (χ0) is 12.8. The van der Waals surface area contributed by atoms with Gasteiger partial charge in [-0.3, -0.25) is 0 Å². The molecule has 0 saturated carbocycles. The van der Waals surface area contributed by atoms with Crippen molar-refractivity contribution in [2.24, 2.45) is 0 Å². The van der Waals surface area contributed by atoms with E-state index in [9.17, 15) is 0 Å². The molecular formula is C11H21N5S. The van der Waals surface area contributed by atoms with Gasteiger partial charge in [-0.2, -0.15) is 26.7 Å². The Hall–Kier alpha value is -1.04. The lowest BCUT2D eigenvalue weighted by atomic mass is 10.2. The van der Waals surface area contributed by atoms with Crippen LogP contribution in [0.3, 0.4) is 0 Å². The maximum atomic E-state index is 5.68. The van der Waals surface area contributed by atoms with E-state index in [1.807, 2.05) is 13.8 Å². The van der Waals surface area contributed by atoms with E-state index < -0.39 is 0 Å². The van der Waals surface area contributed by atoms with E-state index in [4.69, 9.17) is 5.73 Å². The van der Waals surface area contributed by atoms with Crippen LogP contribution >= 0.6 is 11.8 Å². The molecule has 5 nitrogen and oxygen atoms in total. The van der Waals surface area contributed by atoms with Gasteiger partial charge in [-0.25, -0.2) is 0 Å². The summed E-state index contributed by atoms with van der Waals surface area (Å²) in [6, 6.07) is 0.367. The van der Waals surface area contributed by atoms with Gasteiger partial charge < -0.3 is 11.1 Å². The largest absolute Gasteiger partial charge is 0.368 e. The number of nitrogens with zero attached hydrogens (tertiary/aromatic N) is 3. The van der Waals surface area contributed by atoms with E-state index in [0.29, 0.717) is 12.0 Å². The number of thioether (sulfide) groups is 1. The predicted octanol–water partition coefficient (Wildman–Crippen LogP) is 2.13. The first-order valence-electron chi connectivity index (χ1n) is 5.83. The summed E-state index contributed by atoms with van der Waals surface area (Å²) in [5.74, 6) is 2.88. The highest BCUT2D eigenvalue weighted by molar-refractivity contribution is 7.98. The smallest absolute Gasteiger partial charge is 0.227 e. The molecule has 0 aliphatic rings. The van der Waals surface area contributed by atoms with Crippen molar-refractivity contribution in [1.82, 2.24) is 15.0 Å². The number of rotatable bonds is 6. The molecule has 1 aromatic heterocycles. The van der Waals surface area contributed by atoms with Crippen LogP contribution < -0.4 is 11.1 Å². The molecule has 1 heterocycles. The molecule has 6 heteroatoms. The lowest BCUT2D eigenvalue weighted by Gasteiger charge is -2.16. The summed E-state index contributed by atoms with van der Waals surface area (Å²) < 4.78 is 0. The van der Waals surface area contributed by atoms with Gasteiger partial charge in [0.2, 0.25) is 11.9 Å². The second kappa shape index (κ2) is 6.64. The van der Waals surface area contributed by atoms with Crippen molar-refractivity contribution in [3.8, 4) is 0 Å². The minimum Gasteiger partial charge on any atom is -0.368 e. The number of nitrogens with two attached hydrogens (primary N) is 1. The van der Waals surface area contributed by atoms with E-state index in [1.54, 1.807) is 11.8 Å². The summed E-state index contributed by atoms with van der Waals surface area (Å²) in [4.78, 5) is 12.6. The minimum atomic E-state index is 0.251. The fourth-order valence-electron chi connectivity index (χ4n) is 1.38. The Labute approximate surface area is 107 Å². The Morgan fingerprint density at radius 1 is 1.29 bits per heavy atom. The molecule has 3 N–H and O–H groups in total. The SMILES string of the molecule is CCC(CSC)Nc1nc(N)nc(C(C)C)n1. The van der Waals surface area contributed by atoms with Gasteiger partial charge in [-0.05, 0) is 12.7 Å². The lowest BCUT2D eigenvalue weighted by molar-refractivity contribution is 0.735. The minimum absolute atomic E-state index is 0.251. The maximum absolute atomic E-state index is 5.68. The third-order valence-electron chi connectivity index (χ3n) is 2.38. The van der Waals surface area contributed by atoms with Gasteiger partial charge in [-0.1, -0.05) is 20.8 Å². The van der Waals surface area contributed by atoms with E-state index in [2.05, 4.69) is 33.4 Å². The standard InChI is InChI=1S/C11H21N5S/c1-5-8(6-17-4)13-11-15-9(7(2)3)14-10(12)16-11/h7-8H,5-6H2,1-4H3,(H3,12,13,14,15,16). The van der Waals surface area contributed by atoms with Crippen LogP contribution in [0.1, 0.15) is 38.9 Å². The predicted molar refractivity (Wildman–Crippen MR) is 74.4 cm³/mol. The number of hydrogen-bond acceptors (Lipinski definition) is 6. The Morgan fingerprint density at radius 2 is 2.00 bits per heavy atom. The molecule has 17 heavy (non-hydrogen) atoms. The van der Waals surface area contributed by atoms with Crippen molar-refractivity contribution in [2.45, 2.75) is 39.2 Å². The molecule has 1 atom stereocenters. The quantitative estimate of drug-likeness (QED) is 0.811. The second-order valence-electron chi connectivity index (χ2n) is 4.23. The normalized spacial score (nSPS) is 12.8. The lowest BCUT2D eigenvalue weighted by Crippen LogP contribution is -2.23. The molecule has 1 aromatic rings. The molecule has 0 aliphatic carbocycles. The zero-order valence-electron chi connectivity index (χ0n) is 10.9. The van der Waals surface area contributed by atoms with Crippen molar-refractivity contribution in [3.63, 3.8) is 0 Å². The molecule has 1 rings (SSSR count). The molecule has 0 amide bonds. The molecule has 0 radical (unpaired) electrons. The van der Waals surface area contributed by atoms with Crippen molar-refractivity contribution in [2.75, 3.05) is 23.1 Å². The fourth-order valence-corrected chi connectivity index (χ4v) is 2.10. The van der Waals surface area contributed by atoms with Crippen LogP contribution in [0, 0.1) is 0 Å². The first-order chi connectivity index (χ1) is 8.06. The molecule has 1 unspecified atom stereocenters. The van der Waals surface area contributed by atoms with Gasteiger partial charge in [-0.15, -0.1) is 0 Å². The molecule has 0 fully saturated rings. The van der Waals surface area contributed by atoms with Gasteiger partial charge >= 0.3 is 0 Å². The number of hydrogen-bond donors (Lipinski definition) is 2. The van der Waals surface area contributed by atoms with Gasteiger partial charge in [0.15, 0.2) is 0 Å². The van der Waals surface area contributed by atoms with Crippen LogP contribution in [0.5, 0.6) is 0 Å². The highest BCUT2D eigenvalue weighted by atomic mass is 32.2. The highest BCUT2D eigenvalue weighted by Crippen LogP contribution is 2.14. The number of anilines is 2. The third-order valence-corrected chi connectivity index (χ3v) is 3.12. The average Bonchev–Trinajstić information content (AvgIpc) is 2.27. The third kappa shape index (κ3) is 4.38. The van der Waals surface area contributed by atoms with E-state index in [0.717, 1.165) is 18.0 Å². The van der Waals surface area contributed by atoms with Crippen LogP contribution in [0.25, 0.3) is 0 Å². The van der Waals surface area contributed by atoms with Crippen LogP contribution in [0.2, 0.25) is 0 Å². The number of nitrogens with one attached hydrogen (secondary N) is 1. The van der Waals surface area contributed by atoms with Gasteiger partial charge in [0, 0.05) is 17.7 Å². The van der Waals surface area contributed by atoms with Gasteiger partial charge in [0.1, 0.15) is 5.82 Å².